The van der Waals surface area contributed by atoms with Gasteiger partial charge in [-0.05, 0) is 17.7 Å². The molecule has 0 aromatic heterocycles. The molecule has 8 nitrogen and oxygen atoms in total. The van der Waals surface area contributed by atoms with Crippen LogP contribution in [0.1, 0.15) is 5.56 Å². The van der Waals surface area contributed by atoms with E-state index in [9.17, 15) is 19.7 Å². The standard InChI is InChI=1S/C13H12N2O6/c1-2-12(16)20-8-7-14-13(17)21-9-10-3-5-11(6-4-10)15(18)19/h1,3-6H,7-9H2,(H,14,17). The van der Waals surface area contributed by atoms with Crippen LogP contribution in [0, 0.1) is 22.5 Å². The van der Waals surface area contributed by atoms with Gasteiger partial charge in [0.2, 0.25) is 0 Å². The molecule has 21 heavy (non-hydrogen) atoms. The summed E-state index contributed by atoms with van der Waals surface area (Å²) in [5.41, 5.74) is 0.563. The molecule has 1 rings (SSSR count). The summed E-state index contributed by atoms with van der Waals surface area (Å²) in [5.74, 6) is 0.950. The van der Waals surface area contributed by atoms with E-state index in [4.69, 9.17) is 11.2 Å². The monoisotopic (exact) mass is 292 g/mol. The highest BCUT2D eigenvalue weighted by Gasteiger charge is 2.06. The number of esters is 1. The number of benzene rings is 1. The maximum absolute atomic E-state index is 11.3. The number of nitro groups is 1. The third-order valence-corrected chi connectivity index (χ3v) is 2.24. The Morgan fingerprint density at radius 1 is 1.29 bits per heavy atom. The van der Waals surface area contributed by atoms with Crippen LogP contribution in [-0.2, 0) is 20.9 Å². The molecule has 0 aliphatic carbocycles. The minimum Gasteiger partial charge on any atom is -0.454 e. The van der Waals surface area contributed by atoms with E-state index in [0.29, 0.717) is 5.56 Å². The minimum atomic E-state index is -0.809. The number of alkyl carbamates (subject to hydrolysis) is 1. The van der Waals surface area contributed by atoms with E-state index in [2.05, 4.69) is 10.1 Å². The van der Waals surface area contributed by atoms with Crippen LogP contribution in [-0.4, -0.2) is 30.1 Å². The number of nitrogens with one attached hydrogen (secondary N) is 1. The first-order valence-electron chi connectivity index (χ1n) is 5.80. The quantitative estimate of drug-likeness (QED) is 0.209. The second-order valence-corrected chi connectivity index (χ2v) is 3.71. The Morgan fingerprint density at radius 2 is 1.95 bits per heavy atom. The number of hydrogen-bond donors (Lipinski definition) is 1. The van der Waals surface area contributed by atoms with Crippen LogP contribution in [0.4, 0.5) is 10.5 Å². The molecule has 0 spiro atoms. The summed E-state index contributed by atoms with van der Waals surface area (Å²) in [6.07, 6.45) is 4.07. The molecule has 1 aromatic carbocycles. The van der Waals surface area contributed by atoms with Crippen molar-refractivity contribution in [2.75, 3.05) is 13.2 Å². The van der Waals surface area contributed by atoms with E-state index >= 15 is 0 Å². The fourth-order valence-corrected chi connectivity index (χ4v) is 1.25. The normalized spacial score (nSPS) is 9.29. The predicted molar refractivity (Wildman–Crippen MR) is 71.1 cm³/mol. The highest BCUT2D eigenvalue weighted by molar-refractivity contribution is 5.87. The van der Waals surface area contributed by atoms with E-state index in [1.807, 2.05) is 0 Å². The van der Waals surface area contributed by atoms with E-state index in [1.54, 1.807) is 5.92 Å². The molecule has 0 aliphatic heterocycles. The number of carbonyl (C=O) groups excluding carboxylic acids is 2. The molecule has 1 amide bonds. The zero-order valence-electron chi connectivity index (χ0n) is 10.9. The van der Waals surface area contributed by atoms with Gasteiger partial charge < -0.3 is 14.8 Å². The van der Waals surface area contributed by atoms with Crippen LogP contribution in [0.15, 0.2) is 24.3 Å². The lowest BCUT2D eigenvalue weighted by molar-refractivity contribution is -0.384. The summed E-state index contributed by atoms with van der Waals surface area (Å²) in [5, 5.41) is 12.8. The average Bonchev–Trinajstić information content (AvgIpc) is 2.49. The van der Waals surface area contributed by atoms with Crippen LogP contribution in [0.3, 0.4) is 0 Å². The smallest absolute Gasteiger partial charge is 0.407 e. The Labute approximate surface area is 120 Å². The van der Waals surface area contributed by atoms with Gasteiger partial charge >= 0.3 is 12.1 Å². The highest BCUT2D eigenvalue weighted by Crippen LogP contribution is 2.12. The largest absolute Gasteiger partial charge is 0.454 e. The second-order valence-electron chi connectivity index (χ2n) is 3.71. The van der Waals surface area contributed by atoms with Gasteiger partial charge in [0.15, 0.2) is 0 Å². The van der Waals surface area contributed by atoms with Gasteiger partial charge in [0, 0.05) is 18.1 Å². The Balaban J connectivity index is 2.25. The van der Waals surface area contributed by atoms with Gasteiger partial charge in [-0.25, -0.2) is 9.59 Å². The van der Waals surface area contributed by atoms with Crippen LogP contribution in [0.25, 0.3) is 0 Å². The molecule has 1 aromatic rings. The van der Waals surface area contributed by atoms with Crippen molar-refractivity contribution in [3.05, 3.63) is 39.9 Å². The first kappa shape index (κ1) is 16.0. The lowest BCUT2D eigenvalue weighted by Gasteiger charge is -2.06. The first-order chi connectivity index (χ1) is 10.0. The van der Waals surface area contributed by atoms with Gasteiger partial charge in [0.05, 0.1) is 11.5 Å². The molecule has 0 saturated carbocycles. The van der Waals surface area contributed by atoms with Gasteiger partial charge in [-0.3, -0.25) is 10.1 Å². The Bertz CT molecular complexity index is 561. The number of ether oxygens (including phenoxy) is 2. The average molecular weight is 292 g/mol. The molecule has 8 heteroatoms. The van der Waals surface area contributed by atoms with Gasteiger partial charge in [-0.1, -0.05) is 0 Å². The van der Waals surface area contributed by atoms with Crippen molar-refractivity contribution in [3.8, 4) is 12.3 Å². The number of rotatable bonds is 6. The molecule has 0 radical (unpaired) electrons. The zero-order chi connectivity index (χ0) is 15.7. The summed E-state index contributed by atoms with van der Waals surface area (Å²) >= 11 is 0. The van der Waals surface area contributed by atoms with Crippen molar-refractivity contribution in [2.24, 2.45) is 0 Å². The van der Waals surface area contributed by atoms with Gasteiger partial charge in [0.25, 0.3) is 5.69 Å². The topological polar surface area (TPSA) is 108 Å². The number of amides is 1. The minimum absolute atomic E-state index is 0.0338. The lowest BCUT2D eigenvalue weighted by Crippen LogP contribution is -2.28. The molecular formula is C13H12N2O6. The summed E-state index contributed by atoms with van der Waals surface area (Å²) in [7, 11) is 0. The van der Waals surface area contributed by atoms with Crippen molar-refractivity contribution in [1.29, 1.82) is 0 Å². The van der Waals surface area contributed by atoms with Crippen LogP contribution < -0.4 is 5.32 Å². The molecule has 0 heterocycles. The Morgan fingerprint density at radius 3 is 2.52 bits per heavy atom. The molecule has 0 aliphatic rings. The number of nitrogens with zero attached hydrogens (tertiary/aromatic N) is 1. The van der Waals surface area contributed by atoms with Gasteiger partial charge in [0.1, 0.15) is 13.2 Å². The van der Waals surface area contributed by atoms with Crippen molar-refractivity contribution >= 4 is 17.7 Å². The molecule has 1 N–H and O–H groups in total. The summed E-state index contributed by atoms with van der Waals surface area (Å²) < 4.78 is 9.39. The maximum atomic E-state index is 11.3. The molecule has 0 atom stereocenters. The SMILES string of the molecule is C#CC(=O)OCCNC(=O)OCc1ccc([N+](=O)[O-])cc1. The van der Waals surface area contributed by atoms with Crippen LogP contribution in [0.2, 0.25) is 0 Å². The molecule has 0 saturated heterocycles. The molecule has 0 fully saturated rings. The summed E-state index contributed by atoms with van der Waals surface area (Å²) in [6, 6.07) is 5.60. The third-order valence-electron chi connectivity index (χ3n) is 2.24. The number of hydrogen-bond acceptors (Lipinski definition) is 6. The maximum Gasteiger partial charge on any atom is 0.407 e. The van der Waals surface area contributed by atoms with Crippen molar-refractivity contribution in [2.45, 2.75) is 6.61 Å². The van der Waals surface area contributed by atoms with Crippen LogP contribution >= 0.6 is 0 Å². The fourth-order valence-electron chi connectivity index (χ4n) is 1.25. The van der Waals surface area contributed by atoms with E-state index < -0.39 is 17.0 Å². The molecule has 110 valence electrons. The number of nitro benzene ring substituents is 1. The second kappa shape index (κ2) is 8.16. The zero-order valence-corrected chi connectivity index (χ0v) is 10.9. The van der Waals surface area contributed by atoms with Crippen molar-refractivity contribution < 1.29 is 24.0 Å². The molecule has 0 bridgehead atoms. The lowest BCUT2D eigenvalue weighted by atomic mass is 10.2. The number of non-ortho nitro benzene ring substituents is 1. The summed E-state index contributed by atoms with van der Waals surface area (Å²) in [6.45, 7) is -0.0316. The van der Waals surface area contributed by atoms with E-state index in [-0.39, 0.29) is 25.4 Å². The first-order valence-corrected chi connectivity index (χ1v) is 5.80. The van der Waals surface area contributed by atoms with E-state index in [1.165, 1.54) is 24.3 Å². The van der Waals surface area contributed by atoms with Gasteiger partial charge in [-0.15, -0.1) is 6.42 Å². The molecule has 0 unspecified atom stereocenters. The molecular weight excluding hydrogens is 280 g/mol. The Kier molecular flexibility index (Phi) is 6.21. The number of carbonyl (C=O) groups is 2. The number of terminal acetylenes is 1. The fraction of sp³-hybridized carbons (Fsp3) is 0.231. The highest BCUT2D eigenvalue weighted by atomic mass is 16.6. The van der Waals surface area contributed by atoms with Crippen molar-refractivity contribution in [3.63, 3.8) is 0 Å². The van der Waals surface area contributed by atoms with Crippen molar-refractivity contribution in [1.82, 2.24) is 5.32 Å². The van der Waals surface area contributed by atoms with Gasteiger partial charge in [-0.2, -0.15) is 0 Å². The van der Waals surface area contributed by atoms with Crippen LogP contribution in [0.5, 0.6) is 0 Å². The van der Waals surface area contributed by atoms with E-state index in [0.717, 1.165) is 0 Å². The predicted octanol–water partition coefficient (Wildman–Crippen LogP) is 0.997. The Hall–Kier alpha value is -3.08. The summed E-state index contributed by atoms with van der Waals surface area (Å²) in [4.78, 5) is 31.8. The third kappa shape index (κ3) is 6.07.